The van der Waals surface area contributed by atoms with Crippen molar-refractivity contribution in [2.75, 3.05) is 13.1 Å². The first kappa shape index (κ1) is 11.0. The van der Waals surface area contributed by atoms with Gasteiger partial charge >= 0.3 is 0 Å². The van der Waals surface area contributed by atoms with Gasteiger partial charge in [0.05, 0.1) is 12.5 Å². The Morgan fingerprint density at radius 1 is 1.44 bits per heavy atom. The summed E-state index contributed by atoms with van der Waals surface area (Å²) in [4.78, 5) is 21.9. The molecule has 0 radical (unpaired) electrons. The predicted octanol–water partition coefficient (Wildman–Crippen LogP) is 1.70. The second-order valence-corrected chi connectivity index (χ2v) is 4.34. The Balaban J connectivity index is 1.71. The number of carbonyl (C=O) groups excluding carboxylic acids is 1. The number of rotatable bonds is 2. The molecule has 0 N–H and O–H groups in total. The van der Waals surface area contributed by atoms with Crippen LogP contribution in [0.15, 0.2) is 41.4 Å². The summed E-state index contributed by atoms with van der Waals surface area (Å²) in [6.45, 7) is 1.42. The molecule has 0 aromatic carbocycles. The minimum absolute atomic E-state index is 0.0582. The van der Waals surface area contributed by atoms with Crippen LogP contribution in [-0.4, -0.2) is 33.9 Å². The van der Waals surface area contributed by atoms with Crippen LogP contribution in [0.5, 0.6) is 0 Å². The molecule has 1 aliphatic heterocycles. The molecule has 0 aliphatic carbocycles. The van der Waals surface area contributed by atoms with E-state index in [2.05, 4.69) is 9.97 Å². The van der Waals surface area contributed by atoms with Crippen molar-refractivity contribution in [1.29, 1.82) is 0 Å². The van der Waals surface area contributed by atoms with Gasteiger partial charge < -0.3 is 9.32 Å². The van der Waals surface area contributed by atoms with Gasteiger partial charge in [0.1, 0.15) is 11.5 Å². The Kier molecular flexibility index (Phi) is 2.80. The zero-order valence-corrected chi connectivity index (χ0v) is 9.82. The molecule has 92 valence electrons. The van der Waals surface area contributed by atoms with E-state index in [0.29, 0.717) is 18.2 Å². The first-order valence-corrected chi connectivity index (χ1v) is 5.93. The maximum absolute atomic E-state index is 12.2. The first-order valence-electron chi connectivity index (χ1n) is 5.93. The lowest BCUT2D eigenvalue weighted by molar-refractivity contribution is 0.0784. The fraction of sp³-hybridized carbons (Fsp3) is 0.308. The highest BCUT2D eigenvalue weighted by molar-refractivity contribution is 5.92. The molecule has 1 amide bonds. The van der Waals surface area contributed by atoms with Crippen LogP contribution < -0.4 is 0 Å². The number of carbonyl (C=O) groups is 1. The molecule has 1 aliphatic rings. The molecular weight excluding hydrogens is 230 g/mol. The molecule has 3 rings (SSSR count). The van der Waals surface area contributed by atoms with Crippen LogP contribution in [0.4, 0.5) is 0 Å². The number of amides is 1. The monoisotopic (exact) mass is 243 g/mol. The summed E-state index contributed by atoms with van der Waals surface area (Å²) in [7, 11) is 0. The third-order valence-electron chi connectivity index (χ3n) is 3.20. The number of likely N-dealkylation sites (tertiary alicyclic amines) is 1. The first-order chi connectivity index (χ1) is 8.84. The smallest absolute Gasteiger partial charge is 0.274 e. The molecule has 2 aromatic heterocycles. The molecule has 0 bridgehead atoms. The molecular formula is C13H13N3O2. The standard InChI is InChI=1S/C13H13N3O2/c17-13(11-8-14-4-5-15-11)16-6-3-10(9-16)12-2-1-7-18-12/h1-2,4-5,7-8,10H,3,6,9H2. The van der Waals surface area contributed by atoms with Crippen LogP contribution in [0.2, 0.25) is 0 Å². The highest BCUT2D eigenvalue weighted by atomic mass is 16.3. The second-order valence-electron chi connectivity index (χ2n) is 4.34. The Morgan fingerprint density at radius 3 is 3.11 bits per heavy atom. The highest BCUT2D eigenvalue weighted by Crippen LogP contribution is 2.27. The van der Waals surface area contributed by atoms with Crippen LogP contribution >= 0.6 is 0 Å². The number of nitrogens with zero attached hydrogens (tertiary/aromatic N) is 3. The van der Waals surface area contributed by atoms with E-state index in [1.807, 2.05) is 12.1 Å². The maximum atomic E-state index is 12.2. The van der Waals surface area contributed by atoms with Gasteiger partial charge in [-0.2, -0.15) is 0 Å². The predicted molar refractivity (Wildman–Crippen MR) is 64.0 cm³/mol. The Morgan fingerprint density at radius 2 is 2.39 bits per heavy atom. The zero-order valence-electron chi connectivity index (χ0n) is 9.82. The van der Waals surface area contributed by atoms with Crippen molar-refractivity contribution in [3.8, 4) is 0 Å². The van der Waals surface area contributed by atoms with E-state index in [9.17, 15) is 4.79 Å². The van der Waals surface area contributed by atoms with Gasteiger partial charge in [-0.3, -0.25) is 9.78 Å². The SMILES string of the molecule is O=C(c1cnccn1)N1CCC(c2ccco2)C1. The third kappa shape index (κ3) is 1.99. The van der Waals surface area contributed by atoms with Crippen molar-refractivity contribution in [2.45, 2.75) is 12.3 Å². The van der Waals surface area contributed by atoms with E-state index in [1.54, 1.807) is 17.4 Å². The molecule has 18 heavy (non-hydrogen) atoms. The summed E-state index contributed by atoms with van der Waals surface area (Å²) in [5, 5.41) is 0. The van der Waals surface area contributed by atoms with E-state index in [4.69, 9.17) is 4.42 Å². The highest BCUT2D eigenvalue weighted by Gasteiger charge is 2.29. The Labute approximate surface area is 104 Å². The molecule has 5 nitrogen and oxygen atoms in total. The van der Waals surface area contributed by atoms with Crippen LogP contribution in [0.25, 0.3) is 0 Å². The largest absolute Gasteiger partial charge is 0.469 e. The molecule has 1 unspecified atom stereocenters. The topological polar surface area (TPSA) is 59.2 Å². The minimum Gasteiger partial charge on any atom is -0.469 e. The average Bonchev–Trinajstić information content (AvgIpc) is 3.09. The molecule has 0 saturated carbocycles. The molecule has 0 spiro atoms. The van der Waals surface area contributed by atoms with Gasteiger partial charge in [-0.05, 0) is 18.6 Å². The number of hydrogen-bond donors (Lipinski definition) is 0. The molecule has 3 heterocycles. The normalized spacial score (nSPS) is 19.1. The van der Waals surface area contributed by atoms with Gasteiger partial charge in [0.15, 0.2) is 0 Å². The lowest BCUT2D eigenvalue weighted by Crippen LogP contribution is -2.29. The fourth-order valence-electron chi connectivity index (χ4n) is 2.27. The molecule has 5 heteroatoms. The lowest BCUT2D eigenvalue weighted by atomic mass is 10.1. The Hall–Kier alpha value is -2.17. The fourth-order valence-corrected chi connectivity index (χ4v) is 2.27. The van der Waals surface area contributed by atoms with E-state index in [0.717, 1.165) is 18.7 Å². The lowest BCUT2D eigenvalue weighted by Gasteiger charge is -2.15. The van der Waals surface area contributed by atoms with Crippen LogP contribution in [0.3, 0.4) is 0 Å². The minimum atomic E-state index is -0.0582. The maximum Gasteiger partial charge on any atom is 0.274 e. The van der Waals surface area contributed by atoms with E-state index >= 15 is 0 Å². The average molecular weight is 243 g/mol. The van der Waals surface area contributed by atoms with Crippen molar-refractivity contribution < 1.29 is 9.21 Å². The van der Waals surface area contributed by atoms with Gasteiger partial charge in [-0.25, -0.2) is 4.98 Å². The van der Waals surface area contributed by atoms with Crippen molar-refractivity contribution >= 4 is 5.91 Å². The Bertz CT molecular complexity index is 524. The van der Waals surface area contributed by atoms with Gasteiger partial charge in [-0.1, -0.05) is 0 Å². The summed E-state index contributed by atoms with van der Waals surface area (Å²) in [5.41, 5.74) is 0.401. The number of hydrogen-bond acceptors (Lipinski definition) is 4. The van der Waals surface area contributed by atoms with Crippen molar-refractivity contribution in [3.05, 3.63) is 48.4 Å². The number of furan rings is 1. The van der Waals surface area contributed by atoms with Crippen LogP contribution in [-0.2, 0) is 0 Å². The molecule has 1 fully saturated rings. The summed E-state index contributed by atoms with van der Waals surface area (Å²) < 4.78 is 5.39. The van der Waals surface area contributed by atoms with E-state index in [1.165, 1.54) is 12.4 Å². The van der Waals surface area contributed by atoms with Crippen LogP contribution in [0, 0.1) is 0 Å². The van der Waals surface area contributed by atoms with Crippen LogP contribution in [0.1, 0.15) is 28.6 Å². The summed E-state index contributed by atoms with van der Waals surface area (Å²) >= 11 is 0. The van der Waals surface area contributed by atoms with E-state index in [-0.39, 0.29) is 5.91 Å². The summed E-state index contributed by atoms with van der Waals surface area (Å²) in [6.07, 6.45) is 7.20. The van der Waals surface area contributed by atoms with Gasteiger partial charge in [0.2, 0.25) is 0 Å². The summed E-state index contributed by atoms with van der Waals surface area (Å²) in [5.74, 6) is 1.18. The van der Waals surface area contributed by atoms with Gasteiger partial charge in [0, 0.05) is 31.4 Å². The molecule has 2 aromatic rings. The number of aromatic nitrogens is 2. The van der Waals surface area contributed by atoms with Crippen molar-refractivity contribution in [3.63, 3.8) is 0 Å². The quantitative estimate of drug-likeness (QED) is 0.805. The van der Waals surface area contributed by atoms with Gasteiger partial charge in [0.25, 0.3) is 5.91 Å². The van der Waals surface area contributed by atoms with Crippen molar-refractivity contribution in [1.82, 2.24) is 14.9 Å². The van der Waals surface area contributed by atoms with Gasteiger partial charge in [-0.15, -0.1) is 0 Å². The molecule has 1 saturated heterocycles. The van der Waals surface area contributed by atoms with E-state index < -0.39 is 0 Å². The third-order valence-corrected chi connectivity index (χ3v) is 3.20. The summed E-state index contributed by atoms with van der Waals surface area (Å²) in [6, 6.07) is 3.84. The van der Waals surface area contributed by atoms with Crippen molar-refractivity contribution in [2.24, 2.45) is 0 Å². The second kappa shape index (κ2) is 4.60. The zero-order chi connectivity index (χ0) is 12.4. The molecule has 1 atom stereocenters.